The van der Waals surface area contributed by atoms with Crippen molar-refractivity contribution in [2.75, 3.05) is 27.3 Å². The molecule has 21 heavy (non-hydrogen) atoms. The summed E-state index contributed by atoms with van der Waals surface area (Å²) >= 11 is 0. The number of carbonyl (C=O) groups excluding carboxylic acids is 1. The topological polar surface area (TPSA) is 38.8 Å². The largest absolute Gasteiger partial charge is 0.497 e. The average molecular weight is 287 g/mol. The molecule has 0 aromatic heterocycles. The fourth-order valence-corrected chi connectivity index (χ4v) is 3.31. The van der Waals surface area contributed by atoms with Gasteiger partial charge in [-0.05, 0) is 42.5 Å². The van der Waals surface area contributed by atoms with Gasteiger partial charge >= 0.3 is 5.97 Å². The normalized spacial score (nSPS) is 21.6. The van der Waals surface area contributed by atoms with E-state index in [9.17, 15) is 4.79 Å². The highest BCUT2D eigenvalue weighted by Crippen LogP contribution is 2.30. The Bertz CT molecular complexity index is 579. The standard InChI is InChI=1S/C17H21NO3/c1-20-16-6-5-12-8-15(9-14(12)10-16)18-7-3-4-13(11-18)17(19)21-2/h4-6,10,15H,3,7-9,11H2,1-2H3. The Hall–Kier alpha value is -1.81. The Kier molecular flexibility index (Phi) is 3.97. The lowest BCUT2D eigenvalue weighted by molar-refractivity contribution is -0.136. The molecular weight excluding hydrogens is 266 g/mol. The number of carbonyl (C=O) groups is 1. The Labute approximate surface area is 125 Å². The van der Waals surface area contributed by atoms with E-state index in [1.807, 2.05) is 12.1 Å². The number of hydrogen-bond acceptors (Lipinski definition) is 4. The first-order valence-corrected chi connectivity index (χ1v) is 7.38. The zero-order chi connectivity index (χ0) is 14.8. The summed E-state index contributed by atoms with van der Waals surface area (Å²) in [6.07, 6.45) is 5.00. The van der Waals surface area contributed by atoms with Crippen LogP contribution in [0, 0.1) is 0 Å². The predicted molar refractivity (Wildman–Crippen MR) is 80.5 cm³/mol. The SMILES string of the molecule is COC(=O)C1=CCCN(C2Cc3ccc(OC)cc3C2)C1. The van der Waals surface area contributed by atoms with E-state index in [0.29, 0.717) is 12.6 Å². The number of esters is 1. The lowest BCUT2D eigenvalue weighted by Crippen LogP contribution is -2.41. The van der Waals surface area contributed by atoms with Gasteiger partial charge in [0.25, 0.3) is 0 Å². The third kappa shape index (κ3) is 2.81. The minimum atomic E-state index is -0.197. The van der Waals surface area contributed by atoms with E-state index in [1.165, 1.54) is 18.2 Å². The van der Waals surface area contributed by atoms with Crippen molar-refractivity contribution in [3.05, 3.63) is 41.0 Å². The third-order valence-corrected chi connectivity index (χ3v) is 4.47. The lowest BCUT2D eigenvalue weighted by atomic mass is 10.1. The van der Waals surface area contributed by atoms with Gasteiger partial charge in [-0.2, -0.15) is 0 Å². The van der Waals surface area contributed by atoms with Gasteiger partial charge in [0.2, 0.25) is 0 Å². The average Bonchev–Trinajstić information content (AvgIpc) is 2.97. The van der Waals surface area contributed by atoms with Crippen LogP contribution in [0.2, 0.25) is 0 Å². The van der Waals surface area contributed by atoms with Gasteiger partial charge in [-0.15, -0.1) is 0 Å². The van der Waals surface area contributed by atoms with E-state index >= 15 is 0 Å². The number of fused-ring (bicyclic) bond motifs is 1. The van der Waals surface area contributed by atoms with Crippen LogP contribution in [0.15, 0.2) is 29.8 Å². The summed E-state index contributed by atoms with van der Waals surface area (Å²) in [4.78, 5) is 14.1. The maximum atomic E-state index is 11.7. The van der Waals surface area contributed by atoms with Gasteiger partial charge in [-0.1, -0.05) is 12.1 Å². The summed E-state index contributed by atoms with van der Waals surface area (Å²) in [5.41, 5.74) is 3.56. The molecule has 1 aromatic rings. The fraction of sp³-hybridized carbons (Fsp3) is 0.471. The van der Waals surface area contributed by atoms with Crippen molar-refractivity contribution in [1.29, 1.82) is 0 Å². The van der Waals surface area contributed by atoms with Crippen LogP contribution >= 0.6 is 0 Å². The van der Waals surface area contributed by atoms with Crippen LogP contribution in [0.5, 0.6) is 5.75 Å². The fourth-order valence-electron chi connectivity index (χ4n) is 3.31. The Morgan fingerprint density at radius 1 is 1.24 bits per heavy atom. The molecule has 112 valence electrons. The zero-order valence-corrected chi connectivity index (χ0v) is 12.6. The first-order valence-electron chi connectivity index (χ1n) is 7.38. The lowest BCUT2D eigenvalue weighted by Gasteiger charge is -2.31. The van der Waals surface area contributed by atoms with Crippen LogP contribution in [0.4, 0.5) is 0 Å². The monoisotopic (exact) mass is 287 g/mol. The summed E-state index contributed by atoms with van der Waals surface area (Å²) in [5.74, 6) is 0.722. The van der Waals surface area contributed by atoms with Crippen molar-refractivity contribution < 1.29 is 14.3 Å². The highest BCUT2D eigenvalue weighted by molar-refractivity contribution is 5.88. The molecular formula is C17H21NO3. The molecule has 4 heteroatoms. The first kappa shape index (κ1) is 14.1. The van der Waals surface area contributed by atoms with Crippen LogP contribution < -0.4 is 4.74 Å². The molecule has 0 spiro atoms. The number of ether oxygens (including phenoxy) is 2. The number of nitrogens with zero attached hydrogens (tertiary/aromatic N) is 1. The molecule has 0 N–H and O–H groups in total. The second-order valence-corrected chi connectivity index (χ2v) is 5.68. The van der Waals surface area contributed by atoms with Gasteiger partial charge in [-0.3, -0.25) is 4.90 Å². The summed E-state index contributed by atoms with van der Waals surface area (Å²) < 4.78 is 10.1. The van der Waals surface area contributed by atoms with Gasteiger partial charge in [0.1, 0.15) is 5.75 Å². The Morgan fingerprint density at radius 3 is 2.81 bits per heavy atom. The smallest absolute Gasteiger partial charge is 0.334 e. The van der Waals surface area contributed by atoms with E-state index in [0.717, 1.165) is 37.1 Å². The van der Waals surface area contributed by atoms with Gasteiger partial charge in [0.05, 0.1) is 14.2 Å². The van der Waals surface area contributed by atoms with Crippen molar-refractivity contribution in [2.45, 2.75) is 25.3 Å². The summed E-state index contributed by atoms with van der Waals surface area (Å²) in [6, 6.07) is 6.79. The maximum absolute atomic E-state index is 11.7. The van der Waals surface area contributed by atoms with E-state index in [1.54, 1.807) is 7.11 Å². The van der Waals surface area contributed by atoms with Crippen LogP contribution in [-0.4, -0.2) is 44.2 Å². The second-order valence-electron chi connectivity index (χ2n) is 5.68. The molecule has 0 amide bonds. The van der Waals surface area contributed by atoms with Crippen molar-refractivity contribution in [3.63, 3.8) is 0 Å². The number of methoxy groups -OCH3 is 2. The quantitative estimate of drug-likeness (QED) is 0.797. The molecule has 4 nitrogen and oxygen atoms in total. The molecule has 0 saturated carbocycles. The molecule has 0 bridgehead atoms. The molecule has 1 heterocycles. The van der Waals surface area contributed by atoms with Gasteiger partial charge < -0.3 is 9.47 Å². The molecule has 0 saturated heterocycles. The van der Waals surface area contributed by atoms with Gasteiger partial charge in [-0.25, -0.2) is 4.79 Å². The highest BCUT2D eigenvalue weighted by Gasteiger charge is 2.30. The second kappa shape index (κ2) is 5.90. The highest BCUT2D eigenvalue weighted by atomic mass is 16.5. The number of benzene rings is 1. The van der Waals surface area contributed by atoms with Crippen molar-refractivity contribution in [3.8, 4) is 5.75 Å². The predicted octanol–water partition coefficient (Wildman–Crippen LogP) is 1.97. The molecule has 1 aliphatic carbocycles. The van der Waals surface area contributed by atoms with Crippen LogP contribution in [0.3, 0.4) is 0 Å². The maximum Gasteiger partial charge on any atom is 0.334 e. The van der Waals surface area contributed by atoms with Crippen LogP contribution in [-0.2, 0) is 22.4 Å². The van der Waals surface area contributed by atoms with Gasteiger partial charge in [0, 0.05) is 24.7 Å². The van der Waals surface area contributed by atoms with E-state index in [-0.39, 0.29) is 5.97 Å². The van der Waals surface area contributed by atoms with E-state index in [2.05, 4.69) is 17.0 Å². The van der Waals surface area contributed by atoms with Gasteiger partial charge in [0.15, 0.2) is 0 Å². The molecule has 1 aliphatic heterocycles. The van der Waals surface area contributed by atoms with Crippen molar-refractivity contribution in [1.82, 2.24) is 4.90 Å². The summed E-state index contributed by atoms with van der Waals surface area (Å²) in [7, 11) is 3.14. The van der Waals surface area contributed by atoms with E-state index < -0.39 is 0 Å². The minimum absolute atomic E-state index is 0.197. The van der Waals surface area contributed by atoms with Crippen molar-refractivity contribution >= 4 is 5.97 Å². The molecule has 0 fully saturated rings. The van der Waals surface area contributed by atoms with E-state index in [4.69, 9.17) is 9.47 Å². The Balaban J connectivity index is 1.70. The molecule has 1 atom stereocenters. The molecule has 0 radical (unpaired) electrons. The minimum Gasteiger partial charge on any atom is -0.497 e. The number of hydrogen-bond donors (Lipinski definition) is 0. The van der Waals surface area contributed by atoms with Crippen molar-refractivity contribution in [2.24, 2.45) is 0 Å². The van der Waals surface area contributed by atoms with Crippen LogP contribution in [0.1, 0.15) is 17.5 Å². The summed E-state index contributed by atoms with van der Waals surface area (Å²) in [5, 5.41) is 0. The van der Waals surface area contributed by atoms with Crippen LogP contribution in [0.25, 0.3) is 0 Å². The molecule has 1 aromatic carbocycles. The molecule has 1 unspecified atom stereocenters. The first-order chi connectivity index (χ1) is 10.2. The zero-order valence-electron chi connectivity index (χ0n) is 12.6. The molecule has 2 aliphatic rings. The summed E-state index contributed by atoms with van der Waals surface area (Å²) in [6.45, 7) is 1.71. The Morgan fingerprint density at radius 2 is 2.05 bits per heavy atom. The molecule has 3 rings (SSSR count). The number of rotatable bonds is 3. The third-order valence-electron chi connectivity index (χ3n) is 4.47.